The van der Waals surface area contributed by atoms with E-state index in [9.17, 15) is 14.7 Å². The summed E-state index contributed by atoms with van der Waals surface area (Å²) in [5.74, 6) is -0.305. The van der Waals surface area contributed by atoms with Gasteiger partial charge in [0.25, 0.3) is 0 Å². The van der Waals surface area contributed by atoms with Gasteiger partial charge in [-0.3, -0.25) is 4.99 Å². The van der Waals surface area contributed by atoms with Crippen molar-refractivity contribution in [3.05, 3.63) is 64.7 Å². The number of hydrogen-bond acceptors (Lipinski definition) is 4. The molecular formula is C20H18N2O4. The van der Waals surface area contributed by atoms with Gasteiger partial charge in [-0.05, 0) is 36.1 Å². The summed E-state index contributed by atoms with van der Waals surface area (Å²) < 4.78 is 5.05. The lowest BCUT2D eigenvalue weighted by molar-refractivity contribution is 0.0535. The number of rotatable bonds is 3. The van der Waals surface area contributed by atoms with Crippen molar-refractivity contribution >= 4 is 24.0 Å². The van der Waals surface area contributed by atoms with Crippen LogP contribution in [0.25, 0.3) is 0 Å². The molecule has 6 heteroatoms. The van der Waals surface area contributed by atoms with Crippen molar-refractivity contribution < 1.29 is 19.4 Å². The van der Waals surface area contributed by atoms with E-state index in [-0.39, 0.29) is 18.6 Å². The van der Waals surface area contributed by atoms with Crippen LogP contribution in [0.3, 0.4) is 0 Å². The van der Waals surface area contributed by atoms with Gasteiger partial charge in [-0.15, -0.1) is 0 Å². The Morgan fingerprint density at radius 2 is 2.04 bits per heavy atom. The van der Waals surface area contributed by atoms with Gasteiger partial charge in [-0.1, -0.05) is 30.3 Å². The summed E-state index contributed by atoms with van der Waals surface area (Å²) in [7, 11) is 0. The second kappa shape index (κ2) is 6.63. The van der Waals surface area contributed by atoms with Crippen molar-refractivity contribution in [3.8, 4) is 0 Å². The molecule has 1 unspecified atom stereocenters. The molecular weight excluding hydrogens is 332 g/mol. The van der Waals surface area contributed by atoms with Gasteiger partial charge in [0.05, 0.1) is 17.3 Å². The van der Waals surface area contributed by atoms with Crippen molar-refractivity contribution in [2.24, 2.45) is 4.99 Å². The number of amides is 1. The van der Waals surface area contributed by atoms with Gasteiger partial charge in [0.2, 0.25) is 0 Å². The van der Waals surface area contributed by atoms with E-state index in [2.05, 4.69) is 4.99 Å². The summed E-state index contributed by atoms with van der Waals surface area (Å²) in [5, 5.41) is 9.28. The zero-order valence-corrected chi connectivity index (χ0v) is 14.1. The highest BCUT2D eigenvalue weighted by Crippen LogP contribution is 2.32. The fourth-order valence-electron chi connectivity index (χ4n) is 3.54. The van der Waals surface area contributed by atoms with Gasteiger partial charge in [0.1, 0.15) is 6.61 Å². The van der Waals surface area contributed by atoms with Crippen LogP contribution in [0, 0.1) is 0 Å². The van der Waals surface area contributed by atoms with E-state index in [1.54, 1.807) is 18.3 Å². The number of esters is 1. The second-order valence-electron chi connectivity index (χ2n) is 6.44. The van der Waals surface area contributed by atoms with Gasteiger partial charge in [0.15, 0.2) is 0 Å². The van der Waals surface area contributed by atoms with Gasteiger partial charge < -0.3 is 14.7 Å². The molecule has 2 aliphatic rings. The predicted octanol–water partition coefficient (Wildman–Crippen LogP) is 3.92. The molecule has 2 aliphatic heterocycles. The van der Waals surface area contributed by atoms with Crippen LogP contribution in [0.15, 0.2) is 47.5 Å². The smallest absolute Gasteiger partial charge is 0.407 e. The number of fused-ring (bicyclic) bond motifs is 1. The zero-order valence-electron chi connectivity index (χ0n) is 14.1. The third-order valence-electron chi connectivity index (χ3n) is 4.89. The first-order valence-electron chi connectivity index (χ1n) is 8.56. The highest BCUT2D eigenvalue weighted by molar-refractivity contribution is 5.95. The second-order valence-corrected chi connectivity index (χ2v) is 6.44. The molecule has 1 amide bonds. The normalized spacial score (nSPS) is 19.0. The monoisotopic (exact) mass is 350 g/mol. The third-order valence-corrected chi connectivity index (χ3v) is 4.89. The Labute approximate surface area is 150 Å². The Kier molecular flexibility index (Phi) is 4.16. The molecule has 0 spiro atoms. The maximum atomic E-state index is 11.6. The van der Waals surface area contributed by atoms with Crippen molar-refractivity contribution in [2.75, 3.05) is 6.54 Å². The quantitative estimate of drug-likeness (QED) is 0.672. The maximum Gasteiger partial charge on any atom is 0.407 e. The van der Waals surface area contributed by atoms with Crippen molar-refractivity contribution in [1.29, 1.82) is 0 Å². The Hall–Kier alpha value is -3.15. The van der Waals surface area contributed by atoms with E-state index >= 15 is 0 Å². The first-order chi connectivity index (χ1) is 12.6. The number of carbonyl (C=O) groups is 2. The first-order valence-corrected chi connectivity index (χ1v) is 8.56. The average molecular weight is 350 g/mol. The van der Waals surface area contributed by atoms with E-state index in [1.807, 2.05) is 30.3 Å². The molecule has 2 heterocycles. The Morgan fingerprint density at radius 1 is 1.23 bits per heavy atom. The van der Waals surface area contributed by atoms with Crippen LogP contribution >= 0.6 is 0 Å². The molecule has 1 N–H and O–H groups in total. The van der Waals surface area contributed by atoms with Crippen LogP contribution in [0.2, 0.25) is 0 Å². The lowest BCUT2D eigenvalue weighted by Gasteiger charge is -2.21. The lowest BCUT2D eigenvalue weighted by atomic mass is 10.0. The first kappa shape index (κ1) is 16.3. The van der Waals surface area contributed by atoms with Crippen molar-refractivity contribution in [3.63, 3.8) is 0 Å². The molecule has 2 aromatic rings. The molecule has 1 fully saturated rings. The van der Waals surface area contributed by atoms with E-state index in [0.29, 0.717) is 12.1 Å². The SMILES string of the molecule is O=C1OCc2c(/N=C/c3ccc(C4CCCN4C(=O)O)cc3)cccc21. The van der Waals surface area contributed by atoms with Crippen molar-refractivity contribution in [1.82, 2.24) is 4.90 Å². The maximum absolute atomic E-state index is 11.6. The number of aliphatic imine (C=N–C) groups is 1. The summed E-state index contributed by atoms with van der Waals surface area (Å²) in [6.07, 6.45) is 2.61. The molecule has 0 radical (unpaired) electrons. The van der Waals surface area contributed by atoms with E-state index in [4.69, 9.17) is 4.74 Å². The Bertz CT molecular complexity index is 889. The molecule has 2 aromatic carbocycles. The van der Waals surface area contributed by atoms with Gasteiger partial charge >= 0.3 is 12.1 Å². The number of likely N-dealkylation sites (tertiary alicyclic amines) is 1. The minimum atomic E-state index is -0.868. The highest BCUT2D eigenvalue weighted by atomic mass is 16.5. The van der Waals surface area contributed by atoms with Crippen LogP contribution in [0.5, 0.6) is 0 Å². The molecule has 0 bridgehead atoms. The molecule has 6 nitrogen and oxygen atoms in total. The van der Waals surface area contributed by atoms with Gasteiger partial charge in [0, 0.05) is 18.3 Å². The van der Waals surface area contributed by atoms with Gasteiger partial charge in [-0.25, -0.2) is 9.59 Å². The fourth-order valence-corrected chi connectivity index (χ4v) is 3.54. The van der Waals surface area contributed by atoms with E-state index in [1.165, 1.54) is 4.90 Å². The van der Waals surface area contributed by atoms with Crippen LogP contribution in [0.1, 0.15) is 45.9 Å². The topological polar surface area (TPSA) is 79.2 Å². The van der Waals surface area contributed by atoms with Crippen LogP contribution in [0.4, 0.5) is 10.5 Å². The summed E-state index contributed by atoms with van der Waals surface area (Å²) in [6.45, 7) is 0.844. The molecule has 1 atom stereocenters. The van der Waals surface area contributed by atoms with Gasteiger partial charge in [-0.2, -0.15) is 0 Å². The average Bonchev–Trinajstić information content (AvgIpc) is 3.28. The number of nitrogens with zero attached hydrogens (tertiary/aromatic N) is 2. The molecule has 132 valence electrons. The summed E-state index contributed by atoms with van der Waals surface area (Å²) in [5.41, 5.74) is 4.03. The van der Waals surface area contributed by atoms with E-state index in [0.717, 1.165) is 35.2 Å². The lowest BCUT2D eigenvalue weighted by Crippen LogP contribution is -2.28. The van der Waals surface area contributed by atoms with Crippen LogP contribution in [-0.4, -0.2) is 34.8 Å². The molecule has 0 aromatic heterocycles. The van der Waals surface area contributed by atoms with Crippen LogP contribution < -0.4 is 0 Å². The molecule has 4 rings (SSSR count). The molecule has 26 heavy (non-hydrogen) atoms. The highest BCUT2D eigenvalue weighted by Gasteiger charge is 2.29. The zero-order chi connectivity index (χ0) is 18.1. The Morgan fingerprint density at radius 3 is 2.81 bits per heavy atom. The number of hydrogen-bond donors (Lipinski definition) is 1. The summed E-state index contributed by atoms with van der Waals surface area (Å²) in [6, 6.07) is 13.1. The third kappa shape index (κ3) is 2.94. The summed E-state index contributed by atoms with van der Waals surface area (Å²) in [4.78, 5) is 28.9. The number of carbonyl (C=O) groups excluding carboxylic acids is 1. The van der Waals surface area contributed by atoms with Crippen molar-refractivity contribution in [2.45, 2.75) is 25.5 Å². The van der Waals surface area contributed by atoms with E-state index < -0.39 is 6.09 Å². The number of cyclic esters (lactones) is 1. The standard InChI is InChI=1S/C20H18N2O4/c23-19-15-3-1-4-17(16(15)12-26-19)21-11-13-6-8-14(9-7-13)18-5-2-10-22(18)20(24)25/h1,3-4,6-9,11,18H,2,5,10,12H2,(H,24,25)/b21-11+. The number of carboxylic acid groups (broad SMARTS) is 1. The molecule has 0 aliphatic carbocycles. The largest absolute Gasteiger partial charge is 0.465 e. The predicted molar refractivity (Wildman–Crippen MR) is 96.0 cm³/mol. The Balaban J connectivity index is 1.53. The number of ether oxygens (including phenoxy) is 1. The fraction of sp³-hybridized carbons (Fsp3) is 0.250. The molecule has 0 saturated carbocycles. The minimum Gasteiger partial charge on any atom is -0.465 e. The molecule has 1 saturated heterocycles. The number of benzene rings is 2. The summed E-state index contributed by atoms with van der Waals surface area (Å²) >= 11 is 0. The minimum absolute atomic E-state index is 0.0703. The van der Waals surface area contributed by atoms with Crippen LogP contribution in [-0.2, 0) is 11.3 Å².